The third kappa shape index (κ3) is 2.91. The van der Waals surface area contributed by atoms with Crippen molar-refractivity contribution in [3.8, 4) is 0 Å². The molecule has 108 valence electrons. The molecule has 6 heteroatoms. The molecule has 3 rings (SSSR count). The van der Waals surface area contributed by atoms with Gasteiger partial charge in [0, 0.05) is 17.1 Å². The predicted octanol–water partition coefficient (Wildman–Crippen LogP) is 4.20. The third-order valence-electron chi connectivity index (χ3n) is 3.37. The van der Waals surface area contributed by atoms with Crippen molar-refractivity contribution in [3.63, 3.8) is 0 Å². The van der Waals surface area contributed by atoms with Gasteiger partial charge in [-0.15, -0.1) is 0 Å². The lowest BCUT2D eigenvalue weighted by Gasteiger charge is -2.20. The van der Waals surface area contributed by atoms with Gasteiger partial charge in [0.15, 0.2) is 0 Å². The van der Waals surface area contributed by atoms with Gasteiger partial charge in [0.05, 0.1) is 22.1 Å². The zero-order valence-corrected chi connectivity index (χ0v) is 12.6. The second kappa shape index (κ2) is 5.47. The van der Waals surface area contributed by atoms with Crippen LogP contribution in [0.15, 0.2) is 30.3 Å². The Labute approximate surface area is 132 Å². The fourth-order valence-corrected chi connectivity index (χ4v) is 2.75. The van der Waals surface area contributed by atoms with Gasteiger partial charge in [0.2, 0.25) is 5.91 Å². The van der Waals surface area contributed by atoms with E-state index in [9.17, 15) is 4.79 Å². The summed E-state index contributed by atoms with van der Waals surface area (Å²) in [7, 11) is 0. The van der Waals surface area contributed by atoms with Gasteiger partial charge >= 0.3 is 0 Å². The number of carbonyl (C=O) groups is 1. The lowest BCUT2D eigenvalue weighted by Crippen LogP contribution is -2.19. The molecule has 1 aliphatic rings. The van der Waals surface area contributed by atoms with E-state index in [0.29, 0.717) is 28.6 Å². The maximum absolute atomic E-state index is 11.4. The zero-order chi connectivity index (χ0) is 15.0. The monoisotopic (exact) mass is 321 g/mol. The first kappa shape index (κ1) is 14.0. The lowest BCUT2D eigenvalue weighted by molar-refractivity contribution is -0.116. The highest BCUT2D eigenvalue weighted by atomic mass is 35.5. The number of nitrogen functional groups attached to an aromatic ring is 1. The van der Waals surface area contributed by atoms with E-state index in [0.717, 1.165) is 22.6 Å². The Bertz CT molecular complexity index is 731. The highest BCUT2D eigenvalue weighted by Crippen LogP contribution is 2.35. The van der Waals surface area contributed by atoms with E-state index in [2.05, 4.69) is 10.6 Å². The largest absolute Gasteiger partial charge is 0.397 e. The van der Waals surface area contributed by atoms with Crippen LogP contribution in [0.4, 0.5) is 22.7 Å². The van der Waals surface area contributed by atoms with Crippen LogP contribution in [-0.4, -0.2) is 5.91 Å². The van der Waals surface area contributed by atoms with Crippen LogP contribution in [0.3, 0.4) is 0 Å². The minimum absolute atomic E-state index is 0.0170. The number of aryl methyl sites for hydroxylation is 1. The normalized spacial score (nSPS) is 13.5. The quantitative estimate of drug-likeness (QED) is 0.726. The summed E-state index contributed by atoms with van der Waals surface area (Å²) in [5.74, 6) is 0.0170. The summed E-state index contributed by atoms with van der Waals surface area (Å²) >= 11 is 12.0. The number of fused-ring (bicyclic) bond motifs is 1. The molecule has 1 heterocycles. The number of amides is 1. The first-order valence-corrected chi connectivity index (χ1v) is 7.23. The Hall–Kier alpha value is -1.91. The maximum Gasteiger partial charge on any atom is 0.224 e. The second-order valence-corrected chi connectivity index (χ2v) is 5.74. The van der Waals surface area contributed by atoms with Crippen molar-refractivity contribution in [1.29, 1.82) is 0 Å². The third-order valence-corrected chi connectivity index (χ3v) is 3.92. The molecule has 0 unspecified atom stereocenters. The summed E-state index contributed by atoms with van der Waals surface area (Å²) in [6.45, 7) is 0. The molecule has 2 aromatic rings. The number of nitrogens with one attached hydrogen (secondary N) is 2. The van der Waals surface area contributed by atoms with E-state index in [1.807, 2.05) is 6.07 Å². The van der Waals surface area contributed by atoms with E-state index in [1.165, 1.54) is 0 Å². The molecule has 0 bridgehead atoms. The topological polar surface area (TPSA) is 67.1 Å². The molecular formula is C15H13Cl2N3O. The fraction of sp³-hybridized carbons (Fsp3) is 0.133. The number of anilines is 4. The SMILES string of the molecule is Nc1cc2c(cc1Nc1ccc(Cl)cc1Cl)CCC(=O)N2. The van der Waals surface area contributed by atoms with Crippen molar-refractivity contribution >= 4 is 51.9 Å². The number of hydrogen-bond acceptors (Lipinski definition) is 3. The molecule has 0 aliphatic carbocycles. The Balaban J connectivity index is 1.94. The van der Waals surface area contributed by atoms with Gasteiger partial charge in [-0.05, 0) is 42.3 Å². The van der Waals surface area contributed by atoms with Crippen molar-refractivity contribution in [2.75, 3.05) is 16.4 Å². The summed E-state index contributed by atoms with van der Waals surface area (Å²) in [4.78, 5) is 11.4. The van der Waals surface area contributed by atoms with Crippen LogP contribution in [0, 0.1) is 0 Å². The lowest BCUT2D eigenvalue weighted by atomic mass is 10.0. The number of rotatable bonds is 2. The van der Waals surface area contributed by atoms with Gasteiger partial charge in [-0.25, -0.2) is 0 Å². The average Bonchev–Trinajstić information content (AvgIpc) is 2.42. The molecule has 1 amide bonds. The molecule has 21 heavy (non-hydrogen) atoms. The van der Waals surface area contributed by atoms with Crippen LogP contribution in [0.25, 0.3) is 0 Å². The first-order chi connectivity index (χ1) is 10.0. The number of nitrogens with two attached hydrogens (primary N) is 1. The minimum Gasteiger partial charge on any atom is -0.397 e. The van der Waals surface area contributed by atoms with Gasteiger partial charge in [0.1, 0.15) is 0 Å². The average molecular weight is 322 g/mol. The van der Waals surface area contributed by atoms with Gasteiger partial charge in [-0.1, -0.05) is 23.2 Å². The Morgan fingerprint density at radius 2 is 1.90 bits per heavy atom. The summed E-state index contributed by atoms with van der Waals surface area (Å²) in [5.41, 5.74) is 9.89. The zero-order valence-electron chi connectivity index (χ0n) is 11.0. The van der Waals surface area contributed by atoms with Crippen molar-refractivity contribution in [2.45, 2.75) is 12.8 Å². The molecule has 0 aromatic heterocycles. The highest BCUT2D eigenvalue weighted by Gasteiger charge is 2.17. The van der Waals surface area contributed by atoms with Gasteiger partial charge < -0.3 is 16.4 Å². The van der Waals surface area contributed by atoms with Crippen molar-refractivity contribution in [1.82, 2.24) is 0 Å². The maximum atomic E-state index is 11.4. The predicted molar refractivity (Wildman–Crippen MR) is 87.5 cm³/mol. The Kier molecular flexibility index (Phi) is 3.66. The van der Waals surface area contributed by atoms with Crippen molar-refractivity contribution in [2.24, 2.45) is 0 Å². The van der Waals surface area contributed by atoms with Crippen LogP contribution >= 0.6 is 23.2 Å². The number of halogens is 2. The smallest absolute Gasteiger partial charge is 0.224 e. The molecule has 1 aliphatic heterocycles. The molecular weight excluding hydrogens is 309 g/mol. The first-order valence-electron chi connectivity index (χ1n) is 6.47. The molecule has 4 N–H and O–H groups in total. The van der Waals surface area contributed by atoms with E-state index in [-0.39, 0.29) is 5.91 Å². The minimum atomic E-state index is 0.0170. The second-order valence-electron chi connectivity index (χ2n) is 4.89. The number of carbonyl (C=O) groups excluding carboxylic acids is 1. The molecule has 0 fully saturated rings. The van der Waals surface area contributed by atoms with E-state index in [1.54, 1.807) is 24.3 Å². The molecule has 2 aromatic carbocycles. The molecule has 0 saturated carbocycles. The van der Waals surface area contributed by atoms with E-state index < -0.39 is 0 Å². The molecule has 0 radical (unpaired) electrons. The highest BCUT2D eigenvalue weighted by molar-refractivity contribution is 6.36. The van der Waals surface area contributed by atoms with E-state index in [4.69, 9.17) is 28.9 Å². The number of benzene rings is 2. The fourth-order valence-electron chi connectivity index (χ4n) is 2.29. The van der Waals surface area contributed by atoms with E-state index >= 15 is 0 Å². The van der Waals surface area contributed by atoms with Crippen molar-refractivity contribution in [3.05, 3.63) is 45.9 Å². The Morgan fingerprint density at radius 3 is 2.67 bits per heavy atom. The van der Waals surface area contributed by atoms with Crippen molar-refractivity contribution < 1.29 is 4.79 Å². The molecule has 4 nitrogen and oxygen atoms in total. The van der Waals surface area contributed by atoms with Crippen LogP contribution in [0.1, 0.15) is 12.0 Å². The van der Waals surface area contributed by atoms with Gasteiger partial charge in [-0.3, -0.25) is 4.79 Å². The molecule has 0 atom stereocenters. The molecule has 0 spiro atoms. The van der Waals surface area contributed by atoms with Crippen LogP contribution in [0.5, 0.6) is 0 Å². The van der Waals surface area contributed by atoms with Crippen LogP contribution in [-0.2, 0) is 11.2 Å². The Morgan fingerprint density at radius 1 is 1.10 bits per heavy atom. The summed E-state index contributed by atoms with van der Waals surface area (Å²) < 4.78 is 0. The molecule has 0 saturated heterocycles. The van der Waals surface area contributed by atoms with Gasteiger partial charge in [0.25, 0.3) is 0 Å². The summed E-state index contributed by atoms with van der Waals surface area (Å²) in [6, 6.07) is 8.92. The summed E-state index contributed by atoms with van der Waals surface area (Å²) in [5, 5.41) is 7.12. The summed E-state index contributed by atoms with van der Waals surface area (Å²) in [6.07, 6.45) is 1.18. The van der Waals surface area contributed by atoms with Crippen LogP contribution < -0.4 is 16.4 Å². The van der Waals surface area contributed by atoms with Gasteiger partial charge in [-0.2, -0.15) is 0 Å². The standard InChI is InChI=1S/C15H13Cl2N3O/c16-9-2-3-12(10(17)6-9)19-14-5-8-1-4-15(21)20-13(8)7-11(14)18/h2-3,5-7,19H,1,4,18H2,(H,20,21). The van der Waals surface area contributed by atoms with Crippen LogP contribution in [0.2, 0.25) is 10.0 Å². The number of hydrogen-bond donors (Lipinski definition) is 3.